The molecule has 1 aliphatic rings. The fourth-order valence-electron chi connectivity index (χ4n) is 3.04. The molecule has 118 valence electrons. The Hall–Kier alpha value is -0.280. The van der Waals surface area contributed by atoms with Gasteiger partial charge in [-0.25, -0.2) is 0 Å². The summed E-state index contributed by atoms with van der Waals surface area (Å²) in [5, 5.41) is 5.18. The summed E-state index contributed by atoms with van der Waals surface area (Å²) >= 11 is 12.4. The second kappa shape index (κ2) is 6.87. The van der Waals surface area contributed by atoms with E-state index < -0.39 is 0 Å². The quantitative estimate of drug-likeness (QED) is 0.869. The molecule has 21 heavy (non-hydrogen) atoms. The minimum atomic E-state index is 0.185. The van der Waals surface area contributed by atoms with Gasteiger partial charge in [-0.05, 0) is 37.0 Å². The maximum absolute atomic E-state index is 6.35. The van der Waals surface area contributed by atoms with E-state index in [9.17, 15) is 0 Å². The molecule has 0 spiro atoms. The van der Waals surface area contributed by atoms with E-state index in [0.717, 1.165) is 36.6 Å². The van der Waals surface area contributed by atoms with Crippen LogP contribution >= 0.6 is 23.2 Å². The number of rotatable bonds is 4. The van der Waals surface area contributed by atoms with Gasteiger partial charge in [0.15, 0.2) is 0 Å². The van der Waals surface area contributed by atoms with Crippen LogP contribution in [-0.2, 0) is 6.54 Å². The molecule has 2 unspecified atom stereocenters. The van der Waals surface area contributed by atoms with Crippen molar-refractivity contribution in [2.45, 2.75) is 52.2 Å². The molecule has 0 radical (unpaired) electrons. The Kier molecular flexibility index (Phi) is 5.59. The molecule has 0 aromatic heterocycles. The molecule has 0 bridgehead atoms. The number of piperazine rings is 1. The van der Waals surface area contributed by atoms with Crippen LogP contribution in [0.4, 0.5) is 0 Å². The first kappa shape index (κ1) is 17.1. The minimum Gasteiger partial charge on any atom is -0.309 e. The van der Waals surface area contributed by atoms with Gasteiger partial charge >= 0.3 is 0 Å². The third-order valence-corrected chi connectivity index (χ3v) is 5.28. The highest BCUT2D eigenvalue weighted by atomic mass is 35.5. The number of nitrogens with one attached hydrogen (secondary N) is 1. The lowest BCUT2D eigenvalue weighted by Crippen LogP contribution is -2.63. The Morgan fingerprint density at radius 3 is 2.67 bits per heavy atom. The van der Waals surface area contributed by atoms with E-state index in [0.29, 0.717) is 17.0 Å². The number of halogens is 2. The normalized spacial score (nSPS) is 27.3. The van der Waals surface area contributed by atoms with Crippen molar-refractivity contribution in [1.29, 1.82) is 0 Å². The van der Waals surface area contributed by atoms with Crippen molar-refractivity contribution >= 4 is 23.2 Å². The maximum atomic E-state index is 6.35. The number of hydrogen-bond acceptors (Lipinski definition) is 2. The molecule has 1 aliphatic heterocycles. The smallest absolute Gasteiger partial charge is 0.0465 e. The Morgan fingerprint density at radius 1 is 1.38 bits per heavy atom. The Labute approximate surface area is 138 Å². The van der Waals surface area contributed by atoms with Gasteiger partial charge in [0.05, 0.1) is 0 Å². The second-order valence-electron chi connectivity index (χ2n) is 6.75. The highest BCUT2D eigenvalue weighted by molar-refractivity contribution is 6.35. The first-order valence-electron chi connectivity index (χ1n) is 7.77. The molecule has 2 rings (SSSR count). The van der Waals surface area contributed by atoms with Crippen LogP contribution in [0.25, 0.3) is 0 Å². The molecular formula is C17H26Cl2N2. The molecule has 2 nitrogen and oxygen atoms in total. The maximum Gasteiger partial charge on any atom is 0.0465 e. The van der Waals surface area contributed by atoms with Gasteiger partial charge in [0.2, 0.25) is 0 Å². The highest BCUT2D eigenvalue weighted by Crippen LogP contribution is 2.28. The van der Waals surface area contributed by atoms with Crippen molar-refractivity contribution in [3.63, 3.8) is 0 Å². The van der Waals surface area contributed by atoms with Crippen LogP contribution in [-0.4, -0.2) is 29.6 Å². The van der Waals surface area contributed by atoms with Gasteiger partial charge in [-0.15, -0.1) is 0 Å². The second-order valence-corrected chi connectivity index (χ2v) is 7.59. The van der Waals surface area contributed by atoms with Gasteiger partial charge in [-0.3, -0.25) is 4.90 Å². The summed E-state index contributed by atoms with van der Waals surface area (Å²) in [6.45, 7) is 12.1. The molecule has 0 amide bonds. The van der Waals surface area contributed by atoms with E-state index in [2.05, 4.69) is 37.9 Å². The predicted octanol–water partition coefficient (Wildman–Crippen LogP) is 4.59. The van der Waals surface area contributed by atoms with Crippen LogP contribution in [0.3, 0.4) is 0 Å². The van der Waals surface area contributed by atoms with Crippen LogP contribution in [0.2, 0.25) is 10.0 Å². The number of hydrogen-bond donors (Lipinski definition) is 1. The van der Waals surface area contributed by atoms with Gasteiger partial charge in [0.25, 0.3) is 0 Å². The van der Waals surface area contributed by atoms with Crippen molar-refractivity contribution in [3.05, 3.63) is 33.8 Å². The van der Waals surface area contributed by atoms with Crippen molar-refractivity contribution < 1.29 is 0 Å². The van der Waals surface area contributed by atoms with E-state index in [4.69, 9.17) is 23.2 Å². The van der Waals surface area contributed by atoms with E-state index in [-0.39, 0.29) is 5.54 Å². The first-order chi connectivity index (χ1) is 9.84. The standard InChI is InChI=1S/C17H26Cl2N2/c1-5-17(4)11-21(16(9-20-17)12(2)3)10-13-6-7-14(18)8-15(13)19/h6-8,12,16,20H,5,9-11H2,1-4H3. The monoisotopic (exact) mass is 328 g/mol. The summed E-state index contributed by atoms with van der Waals surface area (Å²) in [5.41, 5.74) is 1.34. The minimum absolute atomic E-state index is 0.185. The lowest BCUT2D eigenvalue weighted by molar-refractivity contribution is 0.0539. The Bertz CT molecular complexity index is 490. The zero-order chi connectivity index (χ0) is 15.6. The van der Waals surface area contributed by atoms with Gasteiger partial charge in [0.1, 0.15) is 0 Å². The summed E-state index contributed by atoms with van der Waals surface area (Å²) in [6, 6.07) is 6.35. The Balaban J connectivity index is 2.19. The van der Waals surface area contributed by atoms with Crippen molar-refractivity contribution in [3.8, 4) is 0 Å². The third-order valence-electron chi connectivity index (χ3n) is 4.70. The summed E-state index contributed by atoms with van der Waals surface area (Å²) in [6.07, 6.45) is 1.13. The fourth-order valence-corrected chi connectivity index (χ4v) is 3.51. The van der Waals surface area contributed by atoms with Crippen molar-refractivity contribution in [2.75, 3.05) is 13.1 Å². The van der Waals surface area contributed by atoms with Crippen LogP contribution in [0.15, 0.2) is 18.2 Å². The zero-order valence-corrected chi connectivity index (χ0v) is 14.9. The largest absolute Gasteiger partial charge is 0.309 e. The molecule has 1 saturated heterocycles. The van der Waals surface area contributed by atoms with E-state index in [1.807, 2.05) is 18.2 Å². The molecule has 1 fully saturated rings. The van der Waals surface area contributed by atoms with Crippen LogP contribution in [0, 0.1) is 5.92 Å². The molecule has 1 heterocycles. The van der Waals surface area contributed by atoms with Gasteiger partial charge < -0.3 is 5.32 Å². The topological polar surface area (TPSA) is 15.3 Å². The average Bonchev–Trinajstić information content (AvgIpc) is 2.42. The summed E-state index contributed by atoms with van der Waals surface area (Å²) in [5.74, 6) is 0.616. The van der Waals surface area contributed by atoms with Crippen molar-refractivity contribution in [2.24, 2.45) is 5.92 Å². The molecule has 1 aromatic carbocycles. The Morgan fingerprint density at radius 2 is 2.10 bits per heavy atom. The lowest BCUT2D eigenvalue weighted by atomic mass is 9.89. The average molecular weight is 329 g/mol. The van der Waals surface area contributed by atoms with Gasteiger partial charge in [-0.2, -0.15) is 0 Å². The molecular weight excluding hydrogens is 303 g/mol. The first-order valence-corrected chi connectivity index (χ1v) is 8.53. The molecule has 2 atom stereocenters. The van der Waals surface area contributed by atoms with E-state index in [1.54, 1.807) is 0 Å². The van der Waals surface area contributed by atoms with E-state index >= 15 is 0 Å². The third kappa shape index (κ3) is 4.13. The lowest BCUT2D eigenvalue weighted by Gasteiger charge is -2.47. The summed E-state index contributed by atoms with van der Waals surface area (Å²) in [7, 11) is 0. The fraction of sp³-hybridized carbons (Fsp3) is 0.647. The van der Waals surface area contributed by atoms with Crippen LogP contribution < -0.4 is 5.32 Å². The van der Waals surface area contributed by atoms with E-state index in [1.165, 1.54) is 0 Å². The highest BCUT2D eigenvalue weighted by Gasteiger charge is 2.35. The summed E-state index contributed by atoms with van der Waals surface area (Å²) < 4.78 is 0. The molecule has 1 aromatic rings. The van der Waals surface area contributed by atoms with Gasteiger partial charge in [0, 0.05) is 41.3 Å². The van der Waals surface area contributed by atoms with Crippen LogP contribution in [0.5, 0.6) is 0 Å². The molecule has 0 saturated carbocycles. The SMILES string of the molecule is CCC1(C)CN(Cc2ccc(Cl)cc2Cl)C(C(C)C)CN1. The molecule has 4 heteroatoms. The van der Waals surface area contributed by atoms with Crippen LogP contribution in [0.1, 0.15) is 39.7 Å². The molecule has 1 N–H and O–H groups in total. The van der Waals surface area contributed by atoms with Gasteiger partial charge in [-0.1, -0.05) is 50.0 Å². The molecule has 0 aliphatic carbocycles. The van der Waals surface area contributed by atoms with Crippen molar-refractivity contribution in [1.82, 2.24) is 10.2 Å². The summed E-state index contributed by atoms with van der Waals surface area (Å²) in [4.78, 5) is 2.57. The number of benzene rings is 1. The predicted molar refractivity (Wildman–Crippen MR) is 92.2 cm³/mol. The number of nitrogens with zero attached hydrogens (tertiary/aromatic N) is 1. The zero-order valence-electron chi connectivity index (χ0n) is 13.4.